The van der Waals surface area contributed by atoms with Gasteiger partial charge in [0.1, 0.15) is 0 Å². The standard InChI is InChI=1S/C19H39N2O3P/c1-8-14-23-25(21(17(4)5)18(6)7)24-15-12-10-9-11-13-20-19(22)16(2)3/h17-18H,2,8-15H2,1,3-7H3,(H,20,22). The number of nitrogens with zero attached hydrogens (tertiary/aromatic N) is 1. The molecule has 1 unspecified atom stereocenters. The van der Waals surface area contributed by atoms with Crippen LogP contribution >= 0.6 is 8.53 Å². The fraction of sp³-hybridized carbons (Fsp3) is 0.842. The normalized spacial score (nSPS) is 12.8. The molecule has 0 aromatic carbocycles. The molecule has 148 valence electrons. The van der Waals surface area contributed by atoms with E-state index in [0.29, 0.717) is 24.2 Å². The quantitative estimate of drug-likeness (QED) is 0.248. The molecule has 25 heavy (non-hydrogen) atoms. The van der Waals surface area contributed by atoms with Gasteiger partial charge in [-0.3, -0.25) is 4.79 Å². The van der Waals surface area contributed by atoms with Crippen molar-refractivity contribution in [3.8, 4) is 0 Å². The van der Waals surface area contributed by atoms with E-state index in [9.17, 15) is 4.79 Å². The van der Waals surface area contributed by atoms with Crippen molar-refractivity contribution < 1.29 is 13.8 Å². The Morgan fingerprint density at radius 3 is 2.12 bits per heavy atom. The van der Waals surface area contributed by atoms with E-state index in [4.69, 9.17) is 9.05 Å². The van der Waals surface area contributed by atoms with Crippen molar-refractivity contribution in [3.63, 3.8) is 0 Å². The molecule has 0 bridgehead atoms. The van der Waals surface area contributed by atoms with E-state index in [0.717, 1.165) is 45.3 Å². The zero-order chi connectivity index (χ0) is 19.2. The first-order valence-electron chi connectivity index (χ1n) is 9.59. The highest BCUT2D eigenvalue weighted by molar-refractivity contribution is 7.44. The third-order valence-electron chi connectivity index (χ3n) is 3.60. The Morgan fingerprint density at radius 2 is 1.60 bits per heavy atom. The molecule has 0 aromatic rings. The molecule has 0 spiro atoms. The Bertz CT molecular complexity index is 368. The number of hydrogen-bond donors (Lipinski definition) is 1. The largest absolute Gasteiger partial charge is 0.352 e. The predicted molar refractivity (Wildman–Crippen MR) is 108 cm³/mol. The van der Waals surface area contributed by atoms with Crippen LogP contribution in [0.5, 0.6) is 0 Å². The topological polar surface area (TPSA) is 50.8 Å². The smallest absolute Gasteiger partial charge is 0.259 e. The second-order valence-corrected chi connectivity index (χ2v) is 8.38. The van der Waals surface area contributed by atoms with E-state index in [-0.39, 0.29) is 5.91 Å². The van der Waals surface area contributed by atoms with Gasteiger partial charge in [-0.15, -0.1) is 0 Å². The second-order valence-electron chi connectivity index (χ2n) is 6.92. The van der Waals surface area contributed by atoms with Gasteiger partial charge >= 0.3 is 0 Å². The summed E-state index contributed by atoms with van der Waals surface area (Å²) in [7, 11) is -0.986. The minimum atomic E-state index is -0.986. The molecule has 0 aromatic heterocycles. The van der Waals surface area contributed by atoms with Crippen molar-refractivity contribution in [1.82, 2.24) is 9.99 Å². The van der Waals surface area contributed by atoms with E-state index >= 15 is 0 Å². The van der Waals surface area contributed by atoms with Crippen LogP contribution in [0.3, 0.4) is 0 Å². The zero-order valence-electron chi connectivity index (χ0n) is 17.1. The van der Waals surface area contributed by atoms with Gasteiger partial charge in [-0.05, 0) is 53.9 Å². The van der Waals surface area contributed by atoms with Crippen LogP contribution in [0.25, 0.3) is 0 Å². The van der Waals surface area contributed by atoms with E-state index in [1.807, 2.05) is 0 Å². The lowest BCUT2D eigenvalue weighted by Gasteiger charge is -2.35. The number of carbonyl (C=O) groups is 1. The van der Waals surface area contributed by atoms with Crippen molar-refractivity contribution in [1.29, 1.82) is 0 Å². The minimum absolute atomic E-state index is 0.0514. The van der Waals surface area contributed by atoms with Crippen LogP contribution in [0.1, 0.15) is 73.6 Å². The lowest BCUT2D eigenvalue weighted by atomic mass is 10.2. The van der Waals surface area contributed by atoms with Gasteiger partial charge in [0, 0.05) is 24.2 Å². The third kappa shape index (κ3) is 11.7. The van der Waals surface area contributed by atoms with Crippen LogP contribution in [0.2, 0.25) is 0 Å². The number of carbonyl (C=O) groups excluding carboxylic acids is 1. The zero-order valence-corrected chi connectivity index (χ0v) is 18.0. The van der Waals surface area contributed by atoms with Gasteiger partial charge in [-0.1, -0.05) is 26.3 Å². The highest BCUT2D eigenvalue weighted by atomic mass is 31.2. The SMILES string of the molecule is C=C(C)C(=O)NCCCCCCOP(OCCC)N(C(C)C)C(C)C. The lowest BCUT2D eigenvalue weighted by molar-refractivity contribution is -0.117. The molecule has 5 nitrogen and oxygen atoms in total. The first-order chi connectivity index (χ1) is 11.8. The van der Waals surface area contributed by atoms with Crippen molar-refractivity contribution in [2.24, 2.45) is 0 Å². The lowest BCUT2D eigenvalue weighted by Crippen LogP contribution is -2.33. The summed E-state index contributed by atoms with van der Waals surface area (Å²) in [6.07, 6.45) is 5.20. The molecular formula is C19H39N2O3P. The monoisotopic (exact) mass is 374 g/mol. The number of rotatable bonds is 15. The van der Waals surface area contributed by atoms with Crippen LogP contribution in [-0.2, 0) is 13.8 Å². The minimum Gasteiger partial charge on any atom is -0.352 e. The van der Waals surface area contributed by atoms with Gasteiger partial charge in [0.25, 0.3) is 8.53 Å². The predicted octanol–water partition coefficient (Wildman–Crippen LogP) is 5.03. The summed E-state index contributed by atoms with van der Waals surface area (Å²) >= 11 is 0. The van der Waals surface area contributed by atoms with Gasteiger partial charge in [-0.2, -0.15) is 0 Å². The third-order valence-corrected chi connectivity index (χ3v) is 5.71. The molecule has 0 aliphatic carbocycles. The van der Waals surface area contributed by atoms with Crippen LogP contribution < -0.4 is 5.32 Å². The van der Waals surface area contributed by atoms with Crippen molar-refractivity contribution in [2.45, 2.75) is 85.7 Å². The molecule has 0 aliphatic heterocycles. The molecule has 0 aliphatic rings. The fourth-order valence-electron chi connectivity index (χ4n) is 2.39. The molecule has 0 saturated heterocycles. The fourth-order valence-corrected chi connectivity index (χ4v) is 4.11. The molecule has 6 heteroatoms. The first-order valence-corrected chi connectivity index (χ1v) is 10.7. The average Bonchev–Trinajstić information content (AvgIpc) is 2.53. The molecule has 1 amide bonds. The maximum atomic E-state index is 11.4. The molecule has 1 atom stereocenters. The summed E-state index contributed by atoms with van der Waals surface area (Å²) < 4.78 is 14.4. The average molecular weight is 375 g/mol. The maximum Gasteiger partial charge on any atom is 0.259 e. The number of nitrogens with one attached hydrogen (secondary N) is 1. The summed E-state index contributed by atoms with van der Waals surface area (Å²) in [6.45, 7) is 18.4. The Labute approximate surface area is 156 Å². The molecule has 0 fully saturated rings. The van der Waals surface area contributed by atoms with E-state index < -0.39 is 8.53 Å². The highest BCUT2D eigenvalue weighted by Gasteiger charge is 2.26. The van der Waals surface area contributed by atoms with Crippen molar-refractivity contribution in [3.05, 3.63) is 12.2 Å². The van der Waals surface area contributed by atoms with Gasteiger partial charge in [0.2, 0.25) is 5.91 Å². The summed E-state index contributed by atoms with van der Waals surface area (Å²) in [6, 6.07) is 0.805. The summed E-state index contributed by atoms with van der Waals surface area (Å²) in [5, 5.41) is 2.86. The molecule has 1 N–H and O–H groups in total. The Morgan fingerprint density at radius 1 is 1.04 bits per heavy atom. The van der Waals surface area contributed by atoms with Crippen LogP contribution in [-0.4, -0.2) is 42.4 Å². The van der Waals surface area contributed by atoms with Crippen molar-refractivity contribution >= 4 is 14.4 Å². The first kappa shape index (κ1) is 24.5. The number of unbranched alkanes of at least 4 members (excludes halogenated alkanes) is 3. The summed E-state index contributed by atoms with van der Waals surface area (Å²) in [5.74, 6) is -0.0514. The Hall–Kier alpha value is -0.480. The van der Waals surface area contributed by atoms with Gasteiger partial charge in [0.05, 0.1) is 13.2 Å². The van der Waals surface area contributed by atoms with Crippen LogP contribution in [0, 0.1) is 0 Å². The van der Waals surface area contributed by atoms with Gasteiger partial charge in [0.15, 0.2) is 0 Å². The number of hydrogen-bond acceptors (Lipinski definition) is 4. The molecule has 0 rings (SSSR count). The van der Waals surface area contributed by atoms with Gasteiger partial charge < -0.3 is 14.4 Å². The highest BCUT2D eigenvalue weighted by Crippen LogP contribution is 2.46. The molecule has 0 radical (unpaired) electrons. The van der Waals surface area contributed by atoms with E-state index in [1.54, 1.807) is 6.92 Å². The number of amides is 1. The Kier molecular flexibility index (Phi) is 14.4. The summed E-state index contributed by atoms with van der Waals surface area (Å²) in [5.41, 5.74) is 0.564. The van der Waals surface area contributed by atoms with Crippen molar-refractivity contribution in [2.75, 3.05) is 19.8 Å². The molecule has 0 heterocycles. The summed E-state index contributed by atoms with van der Waals surface area (Å²) in [4.78, 5) is 11.4. The second kappa shape index (κ2) is 14.7. The van der Waals surface area contributed by atoms with Crippen LogP contribution in [0.15, 0.2) is 12.2 Å². The molecular weight excluding hydrogens is 335 g/mol. The molecule has 0 saturated carbocycles. The van der Waals surface area contributed by atoms with E-state index in [2.05, 4.69) is 51.2 Å². The Balaban J connectivity index is 4.02. The maximum absolute atomic E-state index is 11.4. The van der Waals surface area contributed by atoms with Gasteiger partial charge in [-0.25, -0.2) is 4.67 Å². The van der Waals surface area contributed by atoms with E-state index in [1.165, 1.54) is 0 Å². The van der Waals surface area contributed by atoms with Crippen LogP contribution in [0.4, 0.5) is 0 Å².